The van der Waals surface area contributed by atoms with E-state index < -0.39 is 12.1 Å². The average molecular weight is 308 g/mol. The van der Waals surface area contributed by atoms with E-state index in [2.05, 4.69) is 4.74 Å². The fraction of sp³-hybridized carbons (Fsp3) is 0.471. The van der Waals surface area contributed by atoms with Crippen molar-refractivity contribution in [2.75, 3.05) is 13.7 Å². The lowest BCUT2D eigenvalue weighted by atomic mass is 9.98. The highest BCUT2D eigenvalue weighted by Crippen LogP contribution is 2.17. The highest BCUT2D eigenvalue weighted by molar-refractivity contribution is 5.81. The minimum Gasteiger partial charge on any atom is -0.466 e. The summed E-state index contributed by atoms with van der Waals surface area (Å²) in [5.74, 6) is -0.541. The van der Waals surface area contributed by atoms with Gasteiger partial charge in [-0.25, -0.2) is 4.79 Å². The molecule has 5 heteroatoms. The molecule has 0 heterocycles. The van der Waals surface area contributed by atoms with Gasteiger partial charge in [-0.3, -0.25) is 0 Å². The monoisotopic (exact) mass is 308 g/mol. The van der Waals surface area contributed by atoms with E-state index in [-0.39, 0.29) is 25.0 Å². The Morgan fingerprint density at radius 1 is 1.32 bits per heavy atom. The summed E-state index contributed by atoms with van der Waals surface area (Å²) >= 11 is 0. The molecular weight excluding hydrogens is 284 g/mol. The molecule has 0 saturated heterocycles. The van der Waals surface area contributed by atoms with Gasteiger partial charge in [-0.15, -0.1) is 0 Å². The van der Waals surface area contributed by atoms with E-state index in [1.54, 1.807) is 6.08 Å². The van der Waals surface area contributed by atoms with Gasteiger partial charge in [-0.05, 0) is 5.56 Å². The van der Waals surface area contributed by atoms with Crippen LogP contribution in [0.5, 0.6) is 0 Å². The van der Waals surface area contributed by atoms with E-state index in [1.807, 2.05) is 37.3 Å². The van der Waals surface area contributed by atoms with Crippen LogP contribution in [0, 0.1) is 5.92 Å². The molecule has 0 aliphatic rings. The molecular formula is C17H24O5. The van der Waals surface area contributed by atoms with Gasteiger partial charge in [0, 0.05) is 18.4 Å². The van der Waals surface area contributed by atoms with Crippen molar-refractivity contribution in [3.05, 3.63) is 48.0 Å². The molecule has 1 aromatic carbocycles. The number of benzene rings is 1. The Hall–Kier alpha value is -1.69. The number of rotatable bonds is 9. The molecule has 0 aliphatic carbocycles. The van der Waals surface area contributed by atoms with E-state index in [4.69, 9.17) is 9.84 Å². The molecule has 1 rings (SSSR count). The van der Waals surface area contributed by atoms with Gasteiger partial charge in [0.15, 0.2) is 0 Å². The molecule has 0 saturated carbocycles. The lowest BCUT2D eigenvalue weighted by Gasteiger charge is -2.24. The molecule has 0 spiro atoms. The Bertz CT molecular complexity index is 457. The molecule has 0 bridgehead atoms. The van der Waals surface area contributed by atoms with Crippen LogP contribution in [0.25, 0.3) is 0 Å². The van der Waals surface area contributed by atoms with Crippen molar-refractivity contribution in [1.82, 2.24) is 0 Å². The topological polar surface area (TPSA) is 76.0 Å². The molecule has 22 heavy (non-hydrogen) atoms. The molecule has 0 fully saturated rings. The molecule has 3 atom stereocenters. The lowest BCUT2D eigenvalue weighted by molar-refractivity contribution is -0.134. The summed E-state index contributed by atoms with van der Waals surface area (Å²) in [4.78, 5) is 11.2. The second-order valence-electron chi connectivity index (χ2n) is 5.15. The van der Waals surface area contributed by atoms with Crippen molar-refractivity contribution < 1.29 is 24.5 Å². The van der Waals surface area contributed by atoms with Crippen LogP contribution in [-0.4, -0.2) is 42.1 Å². The summed E-state index contributed by atoms with van der Waals surface area (Å²) < 4.78 is 10.4. The zero-order valence-electron chi connectivity index (χ0n) is 13.0. The normalized spacial score (nSPS) is 15.5. The van der Waals surface area contributed by atoms with E-state index >= 15 is 0 Å². The number of hydrogen-bond donors (Lipinski definition) is 2. The third-order valence-corrected chi connectivity index (χ3v) is 3.35. The first-order valence-corrected chi connectivity index (χ1v) is 7.27. The molecule has 2 N–H and O–H groups in total. The predicted octanol–water partition coefficient (Wildman–Crippen LogP) is 1.68. The van der Waals surface area contributed by atoms with E-state index in [0.29, 0.717) is 6.61 Å². The van der Waals surface area contributed by atoms with Gasteiger partial charge < -0.3 is 19.7 Å². The van der Waals surface area contributed by atoms with Gasteiger partial charge in [0.05, 0.1) is 32.5 Å². The fourth-order valence-corrected chi connectivity index (χ4v) is 1.98. The van der Waals surface area contributed by atoms with Crippen molar-refractivity contribution in [2.24, 2.45) is 5.92 Å². The van der Waals surface area contributed by atoms with Crippen LogP contribution in [0.3, 0.4) is 0 Å². The number of esters is 1. The predicted molar refractivity (Wildman–Crippen MR) is 83.0 cm³/mol. The Balaban J connectivity index is 2.66. The van der Waals surface area contributed by atoms with Gasteiger partial charge in [0.25, 0.3) is 0 Å². The van der Waals surface area contributed by atoms with Gasteiger partial charge in [0.2, 0.25) is 0 Å². The first-order valence-electron chi connectivity index (χ1n) is 7.27. The van der Waals surface area contributed by atoms with Crippen molar-refractivity contribution in [2.45, 2.75) is 32.2 Å². The Labute approximate surface area is 131 Å². The molecule has 0 unspecified atom stereocenters. The number of aliphatic hydroxyl groups excluding tert-OH is 2. The second kappa shape index (κ2) is 10.1. The van der Waals surface area contributed by atoms with Crippen LogP contribution in [-0.2, 0) is 20.9 Å². The van der Waals surface area contributed by atoms with E-state index in [1.165, 1.54) is 13.2 Å². The van der Waals surface area contributed by atoms with Crippen LogP contribution in [0.15, 0.2) is 42.5 Å². The molecule has 0 aromatic heterocycles. The maximum atomic E-state index is 11.2. The summed E-state index contributed by atoms with van der Waals surface area (Å²) in [6, 6.07) is 9.69. The first-order chi connectivity index (χ1) is 10.6. The number of carbonyl (C=O) groups excluding carboxylic acids is 1. The Morgan fingerprint density at radius 2 is 2.00 bits per heavy atom. The van der Waals surface area contributed by atoms with Crippen LogP contribution in [0.2, 0.25) is 0 Å². The van der Waals surface area contributed by atoms with E-state index in [0.717, 1.165) is 5.56 Å². The van der Waals surface area contributed by atoms with Crippen molar-refractivity contribution >= 4 is 5.97 Å². The van der Waals surface area contributed by atoms with Gasteiger partial charge >= 0.3 is 5.97 Å². The van der Waals surface area contributed by atoms with Crippen LogP contribution >= 0.6 is 0 Å². The first kappa shape index (κ1) is 18.4. The maximum absolute atomic E-state index is 11.2. The quantitative estimate of drug-likeness (QED) is 0.536. The number of methoxy groups -OCH3 is 1. The summed E-state index contributed by atoms with van der Waals surface area (Å²) in [6.07, 6.45) is 2.15. The summed E-state index contributed by atoms with van der Waals surface area (Å²) in [5.41, 5.74) is 1.02. The van der Waals surface area contributed by atoms with Crippen LogP contribution < -0.4 is 0 Å². The minimum atomic E-state index is -0.852. The Morgan fingerprint density at radius 3 is 2.59 bits per heavy atom. The highest BCUT2D eigenvalue weighted by Gasteiger charge is 2.20. The molecule has 0 amide bonds. The average Bonchev–Trinajstić information content (AvgIpc) is 2.56. The largest absolute Gasteiger partial charge is 0.466 e. The zero-order valence-corrected chi connectivity index (χ0v) is 13.0. The van der Waals surface area contributed by atoms with Crippen LogP contribution in [0.1, 0.15) is 18.9 Å². The van der Waals surface area contributed by atoms with Crippen molar-refractivity contribution in [3.8, 4) is 0 Å². The third kappa shape index (κ3) is 6.85. The molecule has 122 valence electrons. The second-order valence-corrected chi connectivity index (χ2v) is 5.15. The van der Waals surface area contributed by atoms with Crippen molar-refractivity contribution in [3.63, 3.8) is 0 Å². The SMILES string of the molecule is COC(=O)/C=C\[C@@H](C)[C@@H](C[C@@H](O)CO)OCc1ccccc1. The molecule has 5 nitrogen and oxygen atoms in total. The van der Waals surface area contributed by atoms with Gasteiger partial charge in [-0.2, -0.15) is 0 Å². The minimum absolute atomic E-state index is 0.107. The number of aliphatic hydroxyl groups is 2. The summed E-state index contributed by atoms with van der Waals surface area (Å²) in [5, 5.41) is 18.7. The number of ether oxygens (including phenoxy) is 2. The van der Waals surface area contributed by atoms with Crippen LogP contribution in [0.4, 0.5) is 0 Å². The van der Waals surface area contributed by atoms with Gasteiger partial charge in [0.1, 0.15) is 0 Å². The molecule has 1 aromatic rings. The van der Waals surface area contributed by atoms with Gasteiger partial charge in [-0.1, -0.05) is 43.3 Å². The van der Waals surface area contributed by atoms with Crippen molar-refractivity contribution in [1.29, 1.82) is 0 Å². The fourth-order valence-electron chi connectivity index (χ4n) is 1.98. The highest BCUT2D eigenvalue weighted by atomic mass is 16.5. The smallest absolute Gasteiger partial charge is 0.330 e. The number of hydrogen-bond acceptors (Lipinski definition) is 5. The third-order valence-electron chi connectivity index (χ3n) is 3.35. The standard InChI is InChI=1S/C17H24O5/c1-13(8-9-17(20)21-2)16(10-15(19)11-18)22-12-14-6-4-3-5-7-14/h3-9,13,15-16,18-19H,10-12H2,1-2H3/b9-8-/t13-,15-,16-/m1/s1. The zero-order chi connectivity index (χ0) is 16.4. The van der Waals surface area contributed by atoms with E-state index in [9.17, 15) is 9.90 Å². The molecule has 0 aliphatic heterocycles. The lowest BCUT2D eigenvalue weighted by Crippen LogP contribution is -2.28. The number of carbonyl (C=O) groups is 1. The maximum Gasteiger partial charge on any atom is 0.330 e. The molecule has 0 radical (unpaired) electrons. The summed E-state index contributed by atoms with van der Waals surface area (Å²) in [6.45, 7) is 1.97. The summed E-state index contributed by atoms with van der Waals surface area (Å²) in [7, 11) is 1.32. The Kier molecular flexibility index (Phi) is 8.43.